The van der Waals surface area contributed by atoms with E-state index in [1.807, 2.05) is 0 Å². The number of hydrogen-bond donors (Lipinski definition) is 1. The molecule has 0 radical (unpaired) electrons. The standard InChI is InChI=1S/C13H15N3O2/c14-6-2-1-3-7-16-11-8-10(15)4-5-12(11)18-9-13(16)17/h4-5,8H,1-3,7,9,15H2. The minimum Gasteiger partial charge on any atom is -0.482 e. The largest absolute Gasteiger partial charge is 0.482 e. The van der Waals surface area contributed by atoms with Gasteiger partial charge in [0.25, 0.3) is 5.91 Å². The first-order valence-electron chi connectivity index (χ1n) is 5.92. The van der Waals surface area contributed by atoms with E-state index in [-0.39, 0.29) is 12.5 Å². The molecule has 94 valence electrons. The Morgan fingerprint density at radius 2 is 2.28 bits per heavy atom. The number of hydrogen-bond acceptors (Lipinski definition) is 4. The molecule has 1 amide bonds. The lowest BCUT2D eigenvalue weighted by Crippen LogP contribution is -2.39. The number of anilines is 2. The summed E-state index contributed by atoms with van der Waals surface area (Å²) < 4.78 is 5.35. The van der Waals surface area contributed by atoms with Crippen molar-refractivity contribution >= 4 is 17.3 Å². The molecule has 0 fully saturated rings. The van der Waals surface area contributed by atoms with Gasteiger partial charge < -0.3 is 15.4 Å². The van der Waals surface area contributed by atoms with Crippen LogP contribution in [0.3, 0.4) is 0 Å². The number of ether oxygens (including phenoxy) is 1. The average molecular weight is 245 g/mol. The van der Waals surface area contributed by atoms with E-state index in [1.165, 1.54) is 0 Å². The summed E-state index contributed by atoms with van der Waals surface area (Å²) in [6.07, 6.45) is 2.11. The number of rotatable bonds is 4. The highest BCUT2D eigenvalue weighted by Crippen LogP contribution is 2.33. The molecular formula is C13H15N3O2. The van der Waals surface area contributed by atoms with Gasteiger partial charge in [-0.2, -0.15) is 5.26 Å². The van der Waals surface area contributed by atoms with E-state index in [4.69, 9.17) is 15.7 Å². The van der Waals surface area contributed by atoms with Gasteiger partial charge in [-0.25, -0.2) is 0 Å². The minimum atomic E-state index is -0.0648. The molecular weight excluding hydrogens is 230 g/mol. The fraction of sp³-hybridized carbons (Fsp3) is 0.385. The number of carbonyl (C=O) groups is 1. The molecule has 0 spiro atoms. The molecule has 1 aromatic rings. The zero-order chi connectivity index (χ0) is 13.0. The second-order valence-electron chi connectivity index (χ2n) is 4.18. The fourth-order valence-electron chi connectivity index (χ4n) is 1.94. The number of nitriles is 1. The number of amides is 1. The van der Waals surface area contributed by atoms with E-state index >= 15 is 0 Å². The zero-order valence-electron chi connectivity index (χ0n) is 10.1. The van der Waals surface area contributed by atoms with Crippen molar-refractivity contribution in [3.05, 3.63) is 18.2 Å². The lowest BCUT2D eigenvalue weighted by Gasteiger charge is -2.29. The van der Waals surface area contributed by atoms with Gasteiger partial charge in [0.2, 0.25) is 0 Å². The summed E-state index contributed by atoms with van der Waals surface area (Å²) in [5.41, 5.74) is 7.06. The highest BCUT2D eigenvalue weighted by atomic mass is 16.5. The lowest BCUT2D eigenvalue weighted by atomic mass is 10.2. The monoisotopic (exact) mass is 245 g/mol. The second-order valence-corrected chi connectivity index (χ2v) is 4.18. The summed E-state index contributed by atoms with van der Waals surface area (Å²) in [5, 5.41) is 8.48. The molecule has 2 rings (SSSR count). The third-order valence-electron chi connectivity index (χ3n) is 2.85. The molecule has 0 atom stereocenters. The molecule has 0 saturated carbocycles. The highest BCUT2D eigenvalue weighted by molar-refractivity contribution is 5.98. The summed E-state index contributed by atoms with van der Waals surface area (Å²) in [7, 11) is 0. The molecule has 0 saturated heterocycles. The molecule has 1 aliphatic heterocycles. The Bertz CT molecular complexity index is 493. The summed E-state index contributed by atoms with van der Waals surface area (Å²) in [6.45, 7) is 0.662. The van der Waals surface area contributed by atoms with Gasteiger partial charge in [0, 0.05) is 18.7 Å². The normalized spacial score (nSPS) is 13.7. The lowest BCUT2D eigenvalue weighted by molar-refractivity contribution is -0.121. The van der Waals surface area contributed by atoms with Gasteiger partial charge in [-0.3, -0.25) is 4.79 Å². The van der Waals surface area contributed by atoms with Crippen LogP contribution in [0.25, 0.3) is 0 Å². The first-order valence-corrected chi connectivity index (χ1v) is 5.92. The fourth-order valence-corrected chi connectivity index (χ4v) is 1.94. The van der Waals surface area contributed by atoms with Gasteiger partial charge in [0.1, 0.15) is 5.75 Å². The number of nitrogens with two attached hydrogens (primary N) is 1. The van der Waals surface area contributed by atoms with Crippen molar-refractivity contribution in [2.24, 2.45) is 0 Å². The Balaban J connectivity index is 2.12. The number of nitrogens with zero attached hydrogens (tertiary/aromatic N) is 2. The van der Waals surface area contributed by atoms with Crippen LogP contribution in [0.15, 0.2) is 18.2 Å². The summed E-state index contributed by atoms with van der Waals surface area (Å²) >= 11 is 0. The molecule has 5 nitrogen and oxygen atoms in total. The molecule has 18 heavy (non-hydrogen) atoms. The highest BCUT2D eigenvalue weighted by Gasteiger charge is 2.24. The van der Waals surface area contributed by atoms with Crippen LogP contribution in [-0.4, -0.2) is 19.1 Å². The number of benzene rings is 1. The maximum Gasteiger partial charge on any atom is 0.265 e. The van der Waals surface area contributed by atoms with Crippen LogP contribution < -0.4 is 15.4 Å². The number of unbranched alkanes of at least 4 members (excludes halogenated alkanes) is 2. The number of carbonyl (C=O) groups excluding carboxylic acids is 1. The Morgan fingerprint density at radius 3 is 3.06 bits per heavy atom. The smallest absolute Gasteiger partial charge is 0.265 e. The second kappa shape index (κ2) is 5.41. The third-order valence-corrected chi connectivity index (χ3v) is 2.85. The molecule has 0 bridgehead atoms. The van der Waals surface area contributed by atoms with Gasteiger partial charge in [-0.05, 0) is 31.0 Å². The average Bonchev–Trinajstić information content (AvgIpc) is 2.36. The Labute approximate surface area is 106 Å². The Hall–Kier alpha value is -2.22. The molecule has 1 aromatic carbocycles. The Kier molecular flexibility index (Phi) is 3.68. The minimum absolute atomic E-state index is 0.0647. The van der Waals surface area contributed by atoms with Crippen LogP contribution in [-0.2, 0) is 4.79 Å². The molecule has 0 aromatic heterocycles. The molecule has 5 heteroatoms. The summed E-state index contributed by atoms with van der Waals surface area (Å²) in [4.78, 5) is 13.5. The quantitative estimate of drug-likeness (QED) is 0.646. The van der Waals surface area contributed by atoms with Crippen molar-refractivity contribution in [2.45, 2.75) is 19.3 Å². The first kappa shape index (κ1) is 12.2. The first-order chi connectivity index (χ1) is 8.72. The maximum atomic E-state index is 11.8. The predicted octanol–water partition coefficient (Wildman–Crippen LogP) is 1.69. The van der Waals surface area contributed by atoms with E-state index in [1.54, 1.807) is 23.1 Å². The van der Waals surface area contributed by atoms with Crippen molar-refractivity contribution in [2.75, 3.05) is 23.8 Å². The van der Waals surface area contributed by atoms with E-state index in [0.29, 0.717) is 24.4 Å². The number of nitrogen functional groups attached to an aromatic ring is 1. The van der Waals surface area contributed by atoms with Gasteiger partial charge in [0.05, 0.1) is 11.8 Å². The molecule has 0 unspecified atom stereocenters. The zero-order valence-corrected chi connectivity index (χ0v) is 10.1. The van der Waals surface area contributed by atoms with Crippen LogP contribution in [0.5, 0.6) is 5.75 Å². The van der Waals surface area contributed by atoms with Crippen molar-refractivity contribution in [3.63, 3.8) is 0 Å². The van der Waals surface area contributed by atoms with Crippen LogP contribution in [0.2, 0.25) is 0 Å². The van der Waals surface area contributed by atoms with E-state index in [2.05, 4.69) is 6.07 Å². The molecule has 0 aliphatic carbocycles. The maximum absolute atomic E-state index is 11.8. The number of fused-ring (bicyclic) bond motifs is 1. The van der Waals surface area contributed by atoms with Crippen molar-refractivity contribution in [1.29, 1.82) is 5.26 Å². The summed E-state index contributed by atoms with van der Waals surface area (Å²) in [6, 6.07) is 7.37. The molecule has 2 N–H and O–H groups in total. The van der Waals surface area contributed by atoms with Crippen LogP contribution >= 0.6 is 0 Å². The third kappa shape index (κ3) is 2.54. The SMILES string of the molecule is N#CCCCCN1C(=O)COc2ccc(N)cc21. The van der Waals surface area contributed by atoms with E-state index in [0.717, 1.165) is 18.5 Å². The van der Waals surface area contributed by atoms with Crippen LogP contribution in [0.1, 0.15) is 19.3 Å². The predicted molar refractivity (Wildman–Crippen MR) is 68.2 cm³/mol. The Morgan fingerprint density at radius 1 is 1.44 bits per heavy atom. The van der Waals surface area contributed by atoms with Crippen LogP contribution in [0, 0.1) is 11.3 Å². The van der Waals surface area contributed by atoms with Gasteiger partial charge in [0.15, 0.2) is 6.61 Å². The van der Waals surface area contributed by atoms with Gasteiger partial charge in [-0.15, -0.1) is 0 Å². The van der Waals surface area contributed by atoms with E-state index in [9.17, 15) is 4.79 Å². The van der Waals surface area contributed by atoms with Crippen molar-refractivity contribution in [1.82, 2.24) is 0 Å². The van der Waals surface area contributed by atoms with Crippen LogP contribution in [0.4, 0.5) is 11.4 Å². The van der Waals surface area contributed by atoms with Crippen molar-refractivity contribution < 1.29 is 9.53 Å². The van der Waals surface area contributed by atoms with Gasteiger partial charge in [-0.1, -0.05) is 0 Å². The van der Waals surface area contributed by atoms with Crippen molar-refractivity contribution in [3.8, 4) is 11.8 Å². The molecule has 1 heterocycles. The summed E-state index contributed by atoms with van der Waals surface area (Å²) in [5.74, 6) is 0.620. The molecule has 1 aliphatic rings. The van der Waals surface area contributed by atoms with E-state index < -0.39 is 0 Å². The van der Waals surface area contributed by atoms with Gasteiger partial charge >= 0.3 is 0 Å². The topological polar surface area (TPSA) is 79.3 Å².